The van der Waals surface area contributed by atoms with Crippen LogP contribution < -0.4 is 4.74 Å². The Kier molecular flexibility index (Phi) is 4.74. The molecule has 0 aliphatic heterocycles. The molecule has 2 aromatic carbocycles. The van der Waals surface area contributed by atoms with Crippen LogP contribution in [0.1, 0.15) is 18.1 Å². The summed E-state index contributed by atoms with van der Waals surface area (Å²) in [4.78, 5) is 0. The molecule has 3 nitrogen and oxygen atoms in total. The summed E-state index contributed by atoms with van der Waals surface area (Å²) in [5.74, 6) is -0.0577. The van der Waals surface area contributed by atoms with Gasteiger partial charge < -0.3 is 9.94 Å². The topological polar surface area (TPSA) is 41.8 Å². The van der Waals surface area contributed by atoms with E-state index < -0.39 is 5.82 Å². The fraction of sp³-hybridized carbons (Fsp3) is 0.133. The van der Waals surface area contributed by atoms with Crippen LogP contribution in [-0.2, 0) is 6.61 Å². The van der Waals surface area contributed by atoms with Gasteiger partial charge in [-0.25, -0.2) is 4.39 Å². The molecule has 0 unspecified atom stereocenters. The number of oxime groups is 1. The maximum absolute atomic E-state index is 13.3. The highest BCUT2D eigenvalue weighted by atomic mass is 79.9. The maximum atomic E-state index is 13.3. The molecule has 5 heteroatoms. The van der Waals surface area contributed by atoms with Crippen LogP contribution in [0.3, 0.4) is 0 Å². The average Bonchev–Trinajstić information content (AvgIpc) is 2.46. The lowest BCUT2D eigenvalue weighted by Gasteiger charge is -2.12. The summed E-state index contributed by atoms with van der Waals surface area (Å²) < 4.78 is 19.9. The molecule has 20 heavy (non-hydrogen) atoms. The van der Waals surface area contributed by atoms with E-state index in [4.69, 9.17) is 9.94 Å². The molecule has 0 fully saturated rings. The molecule has 0 saturated heterocycles. The third-order valence-electron chi connectivity index (χ3n) is 2.82. The Labute approximate surface area is 124 Å². The molecule has 2 aromatic rings. The van der Waals surface area contributed by atoms with Gasteiger partial charge in [0.2, 0.25) is 0 Å². The molecule has 0 aliphatic carbocycles. The lowest BCUT2D eigenvalue weighted by atomic mass is 10.1. The minimum atomic E-state index is -0.401. The van der Waals surface area contributed by atoms with Gasteiger partial charge in [0, 0.05) is 21.7 Å². The molecule has 0 saturated carbocycles. The zero-order valence-electron chi connectivity index (χ0n) is 10.8. The van der Waals surface area contributed by atoms with Crippen LogP contribution in [0.15, 0.2) is 52.1 Å². The molecule has 0 aromatic heterocycles. The van der Waals surface area contributed by atoms with Gasteiger partial charge in [0.15, 0.2) is 0 Å². The van der Waals surface area contributed by atoms with Crippen LogP contribution >= 0.6 is 15.9 Å². The van der Waals surface area contributed by atoms with E-state index in [2.05, 4.69) is 21.1 Å². The minimum Gasteiger partial charge on any atom is -0.488 e. The molecular weight excluding hydrogens is 325 g/mol. The summed E-state index contributed by atoms with van der Waals surface area (Å²) in [5, 5.41) is 12.0. The van der Waals surface area contributed by atoms with Crippen LogP contribution in [0, 0.1) is 5.82 Å². The van der Waals surface area contributed by atoms with Crippen molar-refractivity contribution in [2.24, 2.45) is 5.16 Å². The molecule has 0 heterocycles. The van der Waals surface area contributed by atoms with Gasteiger partial charge in [0.1, 0.15) is 18.2 Å². The van der Waals surface area contributed by atoms with Crippen molar-refractivity contribution in [3.63, 3.8) is 0 Å². The second kappa shape index (κ2) is 6.52. The highest BCUT2D eigenvalue weighted by Gasteiger charge is 2.10. The van der Waals surface area contributed by atoms with Crippen LogP contribution in [0.2, 0.25) is 0 Å². The van der Waals surface area contributed by atoms with Crippen LogP contribution in [0.25, 0.3) is 0 Å². The van der Waals surface area contributed by atoms with E-state index in [0.717, 1.165) is 10.0 Å². The Morgan fingerprint density at radius 2 is 2.05 bits per heavy atom. The number of benzene rings is 2. The van der Waals surface area contributed by atoms with Gasteiger partial charge in [-0.3, -0.25) is 0 Å². The highest BCUT2D eigenvalue weighted by molar-refractivity contribution is 9.10. The number of ether oxygens (including phenoxy) is 1. The van der Waals surface area contributed by atoms with Crippen molar-refractivity contribution in [3.05, 3.63) is 63.9 Å². The van der Waals surface area contributed by atoms with E-state index in [1.165, 1.54) is 18.2 Å². The van der Waals surface area contributed by atoms with Crippen molar-refractivity contribution in [3.8, 4) is 5.75 Å². The number of nitrogens with zero attached hydrogens (tertiary/aromatic N) is 1. The minimum absolute atomic E-state index is 0.288. The van der Waals surface area contributed by atoms with Crippen molar-refractivity contribution < 1.29 is 14.3 Å². The monoisotopic (exact) mass is 337 g/mol. The van der Waals surface area contributed by atoms with Gasteiger partial charge in [-0.15, -0.1) is 0 Å². The van der Waals surface area contributed by atoms with Gasteiger partial charge in [-0.05, 0) is 25.1 Å². The zero-order valence-corrected chi connectivity index (χ0v) is 12.4. The Morgan fingerprint density at radius 3 is 2.75 bits per heavy atom. The Morgan fingerprint density at radius 1 is 1.30 bits per heavy atom. The molecular formula is C15H13BrFNO2. The standard InChI is InChI=1S/C15H13BrFNO2/c1-10(18-19)13-7-6-12(17)8-15(13)20-9-11-4-2-3-5-14(11)16/h2-8,19H,9H2,1H3. The first kappa shape index (κ1) is 14.5. The summed E-state index contributed by atoms with van der Waals surface area (Å²) in [6.07, 6.45) is 0. The van der Waals surface area contributed by atoms with E-state index in [9.17, 15) is 4.39 Å². The van der Waals surface area contributed by atoms with Crippen LogP contribution in [-0.4, -0.2) is 10.9 Å². The van der Waals surface area contributed by atoms with Crippen molar-refractivity contribution in [1.82, 2.24) is 0 Å². The normalized spacial score (nSPS) is 11.4. The molecule has 0 radical (unpaired) electrons. The summed E-state index contributed by atoms with van der Waals surface area (Å²) in [6.45, 7) is 1.91. The second-order valence-electron chi connectivity index (χ2n) is 4.21. The molecule has 0 bridgehead atoms. The van der Waals surface area contributed by atoms with Crippen LogP contribution in [0.4, 0.5) is 4.39 Å². The molecule has 0 spiro atoms. The summed E-state index contributed by atoms with van der Waals surface area (Å²) in [7, 11) is 0. The molecule has 0 atom stereocenters. The third-order valence-corrected chi connectivity index (χ3v) is 3.60. The smallest absolute Gasteiger partial charge is 0.131 e. The van der Waals surface area contributed by atoms with Gasteiger partial charge in [0.05, 0.1) is 5.71 Å². The fourth-order valence-corrected chi connectivity index (χ4v) is 2.14. The largest absolute Gasteiger partial charge is 0.488 e. The van der Waals surface area contributed by atoms with E-state index >= 15 is 0 Å². The third kappa shape index (κ3) is 3.36. The Bertz CT molecular complexity index is 644. The SMILES string of the molecule is CC(=NO)c1ccc(F)cc1OCc1ccccc1Br. The first-order chi connectivity index (χ1) is 9.61. The van der Waals surface area contributed by atoms with Gasteiger partial charge in [0.25, 0.3) is 0 Å². The Hall–Kier alpha value is -1.88. The Balaban J connectivity index is 2.25. The van der Waals surface area contributed by atoms with E-state index in [1.807, 2.05) is 24.3 Å². The predicted octanol–water partition coefficient (Wildman–Crippen LogP) is 4.37. The van der Waals surface area contributed by atoms with Crippen molar-refractivity contribution >= 4 is 21.6 Å². The first-order valence-corrected chi connectivity index (χ1v) is 6.76. The van der Waals surface area contributed by atoms with Crippen molar-refractivity contribution in [1.29, 1.82) is 0 Å². The van der Waals surface area contributed by atoms with Crippen molar-refractivity contribution in [2.45, 2.75) is 13.5 Å². The van der Waals surface area contributed by atoms with Crippen LogP contribution in [0.5, 0.6) is 5.75 Å². The fourth-order valence-electron chi connectivity index (χ4n) is 1.74. The van der Waals surface area contributed by atoms with Gasteiger partial charge in [-0.2, -0.15) is 0 Å². The molecule has 0 amide bonds. The number of hydrogen-bond acceptors (Lipinski definition) is 3. The number of hydrogen-bond donors (Lipinski definition) is 1. The summed E-state index contributed by atoms with van der Waals surface area (Å²) in [5.41, 5.74) is 1.87. The number of halogens is 2. The predicted molar refractivity (Wildman–Crippen MR) is 78.9 cm³/mol. The molecule has 104 valence electrons. The second-order valence-corrected chi connectivity index (χ2v) is 5.06. The highest BCUT2D eigenvalue weighted by Crippen LogP contribution is 2.24. The molecule has 1 N–H and O–H groups in total. The summed E-state index contributed by atoms with van der Waals surface area (Å²) in [6, 6.07) is 11.7. The van der Waals surface area contributed by atoms with Gasteiger partial charge in [-0.1, -0.05) is 39.3 Å². The number of rotatable bonds is 4. The van der Waals surface area contributed by atoms with E-state index in [0.29, 0.717) is 17.0 Å². The average molecular weight is 338 g/mol. The van der Waals surface area contributed by atoms with Gasteiger partial charge >= 0.3 is 0 Å². The van der Waals surface area contributed by atoms with E-state index in [1.54, 1.807) is 6.92 Å². The maximum Gasteiger partial charge on any atom is 0.131 e. The van der Waals surface area contributed by atoms with Crippen molar-refractivity contribution in [2.75, 3.05) is 0 Å². The lowest BCUT2D eigenvalue weighted by molar-refractivity contribution is 0.301. The molecule has 0 aliphatic rings. The summed E-state index contributed by atoms with van der Waals surface area (Å²) >= 11 is 3.43. The lowest BCUT2D eigenvalue weighted by Crippen LogP contribution is -2.03. The zero-order chi connectivity index (χ0) is 14.5. The first-order valence-electron chi connectivity index (χ1n) is 5.96. The quantitative estimate of drug-likeness (QED) is 0.511. The molecule has 2 rings (SSSR count). The van der Waals surface area contributed by atoms with E-state index in [-0.39, 0.29) is 6.61 Å².